The molecule has 0 radical (unpaired) electrons. The van der Waals surface area contributed by atoms with Crippen LogP contribution in [0.2, 0.25) is 0 Å². The fourth-order valence-electron chi connectivity index (χ4n) is 4.62. The van der Waals surface area contributed by atoms with E-state index in [1.807, 2.05) is 4.90 Å². The molecule has 8 nitrogen and oxygen atoms in total. The Balaban J connectivity index is 1.54. The topological polar surface area (TPSA) is 110 Å². The standard InChI is InChI=1S/C20H24N4O4S/c1-14-12-15-4-2-3-5-18(15)23(14)16-8-10-22(11-9-16)19-7-6-17(29(21,27)28)13-20(19)24(25)26/h2-7,13-14,16H,8-12H2,1H3,(H2,21,27,28)/t14-/m1/s1. The second kappa shape index (κ2) is 7.31. The van der Waals surface area contributed by atoms with Crippen LogP contribution in [0.25, 0.3) is 0 Å². The number of para-hydroxylation sites is 1. The summed E-state index contributed by atoms with van der Waals surface area (Å²) in [4.78, 5) is 15.2. The van der Waals surface area contributed by atoms with Gasteiger partial charge >= 0.3 is 0 Å². The van der Waals surface area contributed by atoms with Gasteiger partial charge in [0.05, 0.1) is 9.82 Å². The number of rotatable bonds is 4. The van der Waals surface area contributed by atoms with E-state index in [9.17, 15) is 18.5 Å². The minimum Gasteiger partial charge on any atom is -0.366 e. The van der Waals surface area contributed by atoms with E-state index in [0.29, 0.717) is 30.9 Å². The first-order valence-electron chi connectivity index (χ1n) is 9.68. The van der Waals surface area contributed by atoms with Gasteiger partial charge in [-0.2, -0.15) is 0 Å². The minimum atomic E-state index is -3.99. The SMILES string of the molecule is C[C@@H]1Cc2ccccc2N1C1CCN(c2ccc(S(N)(=O)=O)cc2[N+](=O)[O-])CC1. The number of hydrogen-bond donors (Lipinski definition) is 1. The lowest BCUT2D eigenvalue weighted by molar-refractivity contribution is -0.384. The normalized spacial score (nSPS) is 20.0. The summed E-state index contributed by atoms with van der Waals surface area (Å²) in [6.07, 6.45) is 2.80. The molecule has 2 heterocycles. The molecule has 2 aliphatic rings. The molecule has 154 valence electrons. The molecular formula is C20H24N4O4S. The van der Waals surface area contributed by atoms with Gasteiger partial charge in [0.1, 0.15) is 5.69 Å². The molecule has 0 saturated carbocycles. The van der Waals surface area contributed by atoms with Gasteiger partial charge in [-0.1, -0.05) is 18.2 Å². The summed E-state index contributed by atoms with van der Waals surface area (Å²) in [7, 11) is -3.99. The third-order valence-corrected chi connectivity index (χ3v) is 6.84. The Hall–Kier alpha value is -2.65. The van der Waals surface area contributed by atoms with E-state index < -0.39 is 14.9 Å². The van der Waals surface area contributed by atoms with Gasteiger partial charge < -0.3 is 9.80 Å². The molecule has 0 aromatic heterocycles. The Bertz CT molecular complexity index is 1050. The molecule has 9 heteroatoms. The van der Waals surface area contributed by atoms with Gasteiger partial charge in [-0.25, -0.2) is 13.6 Å². The molecule has 2 aliphatic heterocycles. The molecule has 2 N–H and O–H groups in total. The van der Waals surface area contributed by atoms with Crippen molar-refractivity contribution in [1.82, 2.24) is 0 Å². The Kier molecular flexibility index (Phi) is 4.95. The monoisotopic (exact) mass is 416 g/mol. The van der Waals surface area contributed by atoms with Gasteiger partial charge in [-0.15, -0.1) is 0 Å². The van der Waals surface area contributed by atoms with Crippen LogP contribution < -0.4 is 14.9 Å². The molecule has 0 unspecified atom stereocenters. The number of benzene rings is 2. The van der Waals surface area contributed by atoms with Crippen LogP contribution >= 0.6 is 0 Å². The smallest absolute Gasteiger partial charge is 0.293 e. The highest BCUT2D eigenvalue weighted by atomic mass is 32.2. The first-order valence-corrected chi connectivity index (χ1v) is 11.2. The van der Waals surface area contributed by atoms with Crippen LogP contribution in [-0.2, 0) is 16.4 Å². The fraction of sp³-hybridized carbons (Fsp3) is 0.400. The third-order valence-electron chi connectivity index (χ3n) is 5.93. The maximum absolute atomic E-state index is 11.6. The lowest BCUT2D eigenvalue weighted by Crippen LogP contribution is -2.47. The Labute approximate surface area is 170 Å². The molecule has 29 heavy (non-hydrogen) atoms. The predicted molar refractivity (Wildman–Crippen MR) is 112 cm³/mol. The average molecular weight is 417 g/mol. The highest BCUT2D eigenvalue weighted by molar-refractivity contribution is 7.89. The molecule has 0 spiro atoms. The van der Waals surface area contributed by atoms with Crippen LogP contribution in [0.4, 0.5) is 17.1 Å². The number of fused-ring (bicyclic) bond motifs is 1. The first-order chi connectivity index (χ1) is 13.8. The van der Waals surface area contributed by atoms with Gasteiger partial charge in [0.2, 0.25) is 10.0 Å². The number of sulfonamides is 1. The van der Waals surface area contributed by atoms with Gasteiger partial charge in [-0.3, -0.25) is 10.1 Å². The van der Waals surface area contributed by atoms with Gasteiger partial charge in [0.25, 0.3) is 5.69 Å². The maximum Gasteiger partial charge on any atom is 0.293 e. The van der Waals surface area contributed by atoms with E-state index in [0.717, 1.165) is 25.3 Å². The van der Waals surface area contributed by atoms with Crippen molar-refractivity contribution in [2.75, 3.05) is 22.9 Å². The van der Waals surface area contributed by atoms with Crippen molar-refractivity contribution in [2.24, 2.45) is 5.14 Å². The molecule has 0 aliphatic carbocycles. The Morgan fingerprint density at radius 1 is 1.10 bits per heavy atom. The summed E-state index contributed by atoms with van der Waals surface area (Å²) in [5, 5.41) is 16.7. The van der Waals surface area contributed by atoms with Crippen molar-refractivity contribution in [3.8, 4) is 0 Å². The minimum absolute atomic E-state index is 0.227. The van der Waals surface area contributed by atoms with Crippen molar-refractivity contribution in [1.29, 1.82) is 0 Å². The van der Waals surface area contributed by atoms with E-state index >= 15 is 0 Å². The van der Waals surface area contributed by atoms with Gasteiger partial charge in [0.15, 0.2) is 0 Å². The fourth-order valence-corrected chi connectivity index (χ4v) is 5.16. The second-order valence-electron chi connectivity index (χ2n) is 7.76. The van der Waals surface area contributed by atoms with E-state index in [2.05, 4.69) is 36.1 Å². The lowest BCUT2D eigenvalue weighted by Gasteiger charge is -2.41. The van der Waals surface area contributed by atoms with Crippen molar-refractivity contribution in [3.05, 3.63) is 58.1 Å². The largest absolute Gasteiger partial charge is 0.366 e. The predicted octanol–water partition coefficient (Wildman–Crippen LogP) is 2.66. The highest BCUT2D eigenvalue weighted by Crippen LogP contribution is 2.38. The van der Waals surface area contributed by atoms with Crippen LogP contribution in [0, 0.1) is 10.1 Å². The average Bonchev–Trinajstić information content (AvgIpc) is 3.02. The van der Waals surface area contributed by atoms with Crippen LogP contribution in [0.15, 0.2) is 47.4 Å². The van der Waals surface area contributed by atoms with Crippen LogP contribution in [-0.4, -0.2) is 38.5 Å². The Morgan fingerprint density at radius 2 is 1.79 bits per heavy atom. The molecule has 1 atom stereocenters. The molecule has 0 bridgehead atoms. The first kappa shape index (κ1) is 19.7. The summed E-state index contributed by atoms with van der Waals surface area (Å²) in [5.41, 5.74) is 2.88. The second-order valence-corrected chi connectivity index (χ2v) is 9.32. The number of hydrogen-bond acceptors (Lipinski definition) is 6. The number of primary sulfonamides is 1. The molecule has 2 aromatic rings. The third kappa shape index (κ3) is 3.67. The number of nitrogens with two attached hydrogens (primary N) is 1. The molecular weight excluding hydrogens is 392 g/mol. The number of anilines is 2. The Morgan fingerprint density at radius 3 is 2.45 bits per heavy atom. The van der Waals surface area contributed by atoms with Crippen molar-refractivity contribution in [3.63, 3.8) is 0 Å². The van der Waals surface area contributed by atoms with Gasteiger partial charge in [0, 0.05) is 36.9 Å². The van der Waals surface area contributed by atoms with E-state index in [1.54, 1.807) is 0 Å². The summed E-state index contributed by atoms with van der Waals surface area (Å²) in [6.45, 7) is 3.58. The van der Waals surface area contributed by atoms with Crippen molar-refractivity contribution < 1.29 is 13.3 Å². The summed E-state index contributed by atoms with van der Waals surface area (Å²) in [5.74, 6) is 0. The summed E-state index contributed by atoms with van der Waals surface area (Å²) < 4.78 is 23.1. The lowest BCUT2D eigenvalue weighted by atomic mass is 10.0. The summed E-state index contributed by atoms with van der Waals surface area (Å²) in [6, 6.07) is 13.2. The molecule has 2 aromatic carbocycles. The zero-order valence-corrected chi connectivity index (χ0v) is 17.0. The number of piperidine rings is 1. The zero-order chi connectivity index (χ0) is 20.8. The van der Waals surface area contributed by atoms with Crippen molar-refractivity contribution >= 4 is 27.1 Å². The quantitative estimate of drug-likeness (QED) is 0.606. The van der Waals surface area contributed by atoms with Crippen LogP contribution in [0.3, 0.4) is 0 Å². The van der Waals surface area contributed by atoms with E-state index in [4.69, 9.17) is 5.14 Å². The van der Waals surface area contributed by atoms with E-state index in [-0.39, 0.29) is 10.6 Å². The zero-order valence-electron chi connectivity index (χ0n) is 16.2. The van der Waals surface area contributed by atoms with Gasteiger partial charge in [-0.05, 0) is 49.9 Å². The van der Waals surface area contributed by atoms with E-state index in [1.165, 1.54) is 23.4 Å². The van der Waals surface area contributed by atoms with Crippen molar-refractivity contribution in [2.45, 2.75) is 43.2 Å². The molecule has 1 fully saturated rings. The molecule has 4 rings (SSSR count). The number of nitro benzene ring substituents is 1. The van der Waals surface area contributed by atoms with Crippen LogP contribution in [0.5, 0.6) is 0 Å². The highest BCUT2D eigenvalue weighted by Gasteiger charge is 2.34. The number of nitrogens with zero attached hydrogens (tertiary/aromatic N) is 3. The number of nitro groups is 1. The summed E-state index contributed by atoms with van der Waals surface area (Å²) >= 11 is 0. The maximum atomic E-state index is 11.6. The van der Waals surface area contributed by atoms with Crippen LogP contribution in [0.1, 0.15) is 25.3 Å². The molecule has 1 saturated heterocycles. The molecule has 0 amide bonds.